The molecule has 1 aromatic carbocycles. The molecule has 7 heteroatoms. The fraction of sp³-hybridized carbons (Fsp3) is 0.429. The molecular weight excluding hydrogens is 274 g/mol. The van der Waals surface area contributed by atoms with Crippen molar-refractivity contribution in [2.45, 2.75) is 33.2 Å². The molecule has 0 aromatic heterocycles. The molecule has 1 N–H and O–H groups in total. The Morgan fingerprint density at radius 2 is 1.81 bits per heavy atom. The van der Waals surface area contributed by atoms with Crippen molar-refractivity contribution >= 4 is 23.3 Å². The van der Waals surface area contributed by atoms with Crippen molar-refractivity contribution in [3.8, 4) is 0 Å². The Morgan fingerprint density at radius 3 is 2.38 bits per heavy atom. The number of benzene rings is 1. The van der Waals surface area contributed by atoms with Crippen LogP contribution in [0.25, 0.3) is 0 Å². The summed E-state index contributed by atoms with van der Waals surface area (Å²) in [7, 11) is 0. The van der Waals surface area contributed by atoms with E-state index in [2.05, 4.69) is 5.32 Å². The van der Waals surface area contributed by atoms with E-state index in [4.69, 9.17) is 0 Å². The van der Waals surface area contributed by atoms with Crippen LogP contribution in [0.5, 0.6) is 0 Å². The lowest BCUT2D eigenvalue weighted by atomic mass is 9.72. The fourth-order valence-electron chi connectivity index (χ4n) is 2.10. The van der Waals surface area contributed by atoms with Gasteiger partial charge in [0.2, 0.25) is 5.91 Å². The molecule has 1 aliphatic heterocycles. The molecular formula is C14H17N3O4. The zero-order valence-electron chi connectivity index (χ0n) is 12.3. The van der Waals surface area contributed by atoms with Crippen LogP contribution < -0.4 is 10.2 Å². The van der Waals surface area contributed by atoms with Gasteiger partial charge in [-0.25, -0.2) is 9.69 Å². The van der Waals surface area contributed by atoms with Gasteiger partial charge in [0.1, 0.15) is 0 Å². The first kappa shape index (κ1) is 15.0. The number of amides is 3. The molecule has 7 nitrogen and oxygen atoms in total. The van der Waals surface area contributed by atoms with Crippen molar-refractivity contribution in [3.05, 3.63) is 34.4 Å². The Bertz CT molecular complexity index is 637. The van der Waals surface area contributed by atoms with Crippen LogP contribution >= 0.6 is 0 Å². The number of nitro groups is 1. The molecule has 0 unspecified atom stereocenters. The predicted molar refractivity (Wildman–Crippen MR) is 77.0 cm³/mol. The molecule has 0 bridgehead atoms. The maximum atomic E-state index is 12.6. The number of carbonyl (C=O) groups is 2. The van der Waals surface area contributed by atoms with Crippen LogP contribution in [-0.4, -0.2) is 22.4 Å². The van der Waals surface area contributed by atoms with Gasteiger partial charge >= 0.3 is 6.03 Å². The number of anilines is 1. The molecule has 1 heterocycles. The smallest absolute Gasteiger partial charge is 0.329 e. The van der Waals surface area contributed by atoms with Crippen LogP contribution in [0.2, 0.25) is 0 Å². The largest absolute Gasteiger partial charge is 0.331 e. The maximum Gasteiger partial charge on any atom is 0.329 e. The summed E-state index contributed by atoms with van der Waals surface area (Å²) >= 11 is 0. The zero-order chi connectivity index (χ0) is 16.0. The summed E-state index contributed by atoms with van der Waals surface area (Å²) in [4.78, 5) is 36.1. The maximum absolute atomic E-state index is 12.6. The number of nitrogens with one attached hydrogen (secondary N) is 1. The van der Waals surface area contributed by atoms with E-state index in [0.29, 0.717) is 0 Å². The number of urea groups is 1. The van der Waals surface area contributed by atoms with Crippen LogP contribution in [0.3, 0.4) is 0 Å². The first-order chi connectivity index (χ1) is 9.58. The average molecular weight is 291 g/mol. The average Bonchev–Trinajstić information content (AvgIpc) is 2.37. The van der Waals surface area contributed by atoms with E-state index in [9.17, 15) is 19.7 Å². The Hall–Kier alpha value is -2.44. The lowest BCUT2D eigenvalue weighted by Crippen LogP contribution is -2.69. The molecule has 1 fully saturated rings. The Balaban J connectivity index is 2.49. The standard InChI is InChI=1S/C14H17N3O4/c1-13(2)11(18)16(12(19)15-14(13,3)4)9-6-5-7-10(8-9)17(20)21/h5-8H,1-4H3,(H,15,19). The minimum absolute atomic E-state index is 0.171. The third kappa shape index (κ3) is 2.24. The third-order valence-electron chi connectivity index (χ3n) is 4.22. The van der Waals surface area contributed by atoms with Crippen LogP contribution in [0.1, 0.15) is 27.7 Å². The number of imide groups is 1. The molecule has 1 aromatic rings. The van der Waals surface area contributed by atoms with Crippen molar-refractivity contribution in [1.29, 1.82) is 0 Å². The summed E-state index contributed by atoms with van der Waals surface area (Å²) in [6.45, 7) is 7.01. The van der Waals surface area contributed by atoms with E-state index in [0.717, 1.165) is 4.90 Å². The van der Waals surface area contributed by atoms with Gasteiger partial charge < -0.3 is 5.32 Å². The Morgan fingerprint density at radius 1 is 1.19 bits per heavy atom. The molecule has 1 saturated heterocycles. The highest BCUT2D eigenvalue weighted by molar-refractivity contribution is 6.18. The molecule has 2 rings (SSSR count). The molecule has 0 aliphatic carbocycles. The minimum atomic E-state index is -0.842. The van der Waals surface area contributed by atoms with Gasteiger partial charge in [-0.15, -0.1) is 0 Å². The molecule has 3 amide bonds. The molecule has 21 heavy (non-hydrogen) atoms. The molecule has 0 spiro atoms. The Kier molecular flexibility index (Phi) is 3.24. The number of hydrogen-bond donors (Lipinski definition) is 1. The summed E-state index contributed by atoms with van der Waals surface area (Å²) in [6.07, 6.45) is 0. The lowest BCUT2D eigenvalue weighted by molar-refractivity contribution is -0.384. The van der Waals surface area contributed by atoms with Gasteiger partial charge in [-0.1, -0.05) is 6.07 Å². The minimum Gasteiger partial charge on any atom is -0.331 e. The second kappa shape index (κ2) is 4.54. The van der Waals surface area contributed by atoms with Gasteiger partial charge in [-0.2, -0.15) is 0 Å². The quantitative estimate of drug-likeness (QED) is 0.669. The van der Waals surface area contributed by atoms with Crippen LogP contribution in [0.15, 0.2) is 24.3 Å². The normalized spacial score (nSPS) is 20.1. The Labute approximate surface area is 122 Å². The molecule has 1 aliphatic rings. The zero-order valence-corrected chi connectivity index (χ0v) is 12.3. The molecule has 0 saturated carbocycles. The molecule has 0 radical (unpaired) electrons. The van der Waals surface area contributed by atoms with Crippen LogP contribution in [-0.2, 0) is 4.79 Å². The number of carbonyl (C=O) groups excluding carboxylic acids is 2. The van der Waals surface area contributed by atoms with Crippen molar-refractivity contribution < 1.29 is 14.5 Å². The van der Waals surface area contributed by atoms with E-state index in [-0.39, 0.29) is 11.4 Å². The number of non-ortho nitro benzene ring substituents is 1. The van der Waals surface area contributed by atoms with Gasteiger partial charge in [0, 0.05) is 12.1 Å². The van der Waals surface area contributed by atoms with E-state index >= 15 is 0 Å². The molecule has 112 valence electrons. The number of nitro benzene ring substituents is 1. The summed E-state index contributed by atoms with van der Waals surface area (Å²) in [5.41, 5.74) is -1.53. The summed E-state index contributed by atoms with van der Waals surface area (Å²) in [6, 6.07) is 4.89. The third-order valence-corrected chi connectivity index (χ3v) is 4.22. The SMILES string of the molecule is CC1(C)NC(=O)N(c2cccc([N+](=O)[O-])c2)C(=O)C1(C)C. The predicted octanol–water partition coefficient (Wildman–Crippen LogP) is 2.46. The topological polar surface area (TPSA) is 92.6 Å². The monoisotopic (exact) mass is 291 g/mol. The van der Waals surface area contributed by atoms with Crippen molar-refractivity contribution in [2.75, 3.05) is 4.90 Å². The summed E-state index contributed by atoms with van der Waals surface area (Å²) in [5, 5.41) is 13.6. The second-order valence-electron chi connectivity index (χ2n) is 6.10. The summed E-state index contributed by atoms with van der Waals surface area (Å²) in [5.74, 6) is -0.392. The van der Waals surface area contributed by atoms with Gasteiger partial charge in [-0.05, 0) is 33.8 Å². The van der Waals surface area contributed by atoms with Gasteiger partial charge in [0.05, 0.1) is 21.6 Å². The molecule has 0 atom stereocenters. The van der Waals surface area contributed by atoms with E-state index in [1.54, 1.807) is 27.7 Å². The van der Waals surface area contributed by atoms with Crippen molar-refractivity contribution in [2.24, 2.45) is 5.41 Å². The van der Waals surface area contributed by atoms with Gasteiger partial charge in [-0.3, -0.25) is 14.9 Å². The second-order valence-corrected chi connectivity index (χ2v) is 6.10. The number of rotatable bonds is 2. The number of nitrogens with zero attached hydrogens (tertiary/aromatic N) is 2. The highest BCUT2D eigenvalue weighted by Gasteiger charge is 2.52. The van der Waals surface area contributed by atoms with Crippen LogP contribution in [0.4, 0.5) is 16.2 Å². The summed E-state index contributed by atoms with van der Waals surface area (Å²) < 4.78 is 0. The van der Waals surface area contributed by atoms with Gasteiger partial charge in [0.25, 0.3) is 5.69 Å². The fourth-order valence-corrected chi connectivity index (χ4v) is 2.10. The van der Waals surface area contributed by atoms with E-state index in [1.807, 2.05) is 0 Å². The van der Waals surface area contributed by atoms with E-state index in [1.165, 1.54) is 24.3 Å². The van der Waals surface area contributed by atoms with Crippen molar-refractivity contribution in [1.82, 2.24) is 5.32 Å². The highest BCUT2D eigenvalue weighted by Crippen LogP contribution is 2.38. The highest BCUT2D eigenvalue weighted by atomic mass is 16.6. The first-order valence-corrected chi connectivity index (χ1v) is 6.49. The van der Waals surface area contributed by atoms with Crippen molar-refractivity contribution in [3.63, 3.8) is 0 Å². The number of hydrogen-bond acceptors (Lipinski definition) is 4. The van der Waals surface area contributed by atoms with Gasteiger partial charge in [0.15, 0.2) is 0 Å². The van der Waals surface area contributed by atoms with Crippen LogP contribution in [0, 0.1) is 15.5 Å². The van der Waals surface area contributed by atoms with E-state index < -0.39 is 27.8 Å². The lowest BCUT2D eigenvalue weighted by Gasteiger charge is -2.48. The first-order valence-electron chi connectivity index (χ1n) is 6.49.